The van der Waals surface area contributed by atoms with Gasteiger partial charge in [-0.15, -0.1) is 0 Å². The fourth-order valence-electron chi connectivity index (χ4n) is 2.33. The van der Waals surface area contributed by atoms with Crippen LogP contribution < -0.4 is 0 Å². The first kappa shape index (κ1) is 16.8. The minimum absolute atomic E-state index is 0.100. The highest BCUT2D eigenvalue weighted by atomic mass is 16.6. The molecule has 0 radical (unpaired) electrons. The van der Waals surface area contributed by atoms with E-state index in [0.29, 0.717) is 0 Å². The Labute approximate surface area is 113 Å². The van der Waals surface area contributed by atoms with Crippen LogP contribution in [-0.4, -0.2) is 86.0 Å². The van der Waals surface area contributed by atoms with Crippen LogP contribution in [0.2, 0.25) is 0 Å². The zero-order chi connectivity index (χ0) is 14.3. The number of hydrogen-bond donors (Lipinski definition) is 3. The lowest BCUT2D eigenvalue weighted by atomic mass is 9.95. The molecule has 0 spiro atoms. The summed E-state index contributed by atoms with van der Waals surface area (Å²) in [6.45, 7) is 1.72. The summed E-state index contributed by atoms with van der Waals surface area (Å²) in [4.78, 5) is 0. The Bertz CT molecular complexity index is 238. The second-order valence-corrected chi connectivity index (χ2v) is 4.38. The topological polar surface area (TPSA) is 97.6 Å². The van der Waals surface area contributed by atoms with E-state index >= 15 is 0 Å². The van der Waals surface area contributed by atoms with E-state index in [1.807, 2.05) is 6.92 Å². The summed E-state index contributed by atoms with van der Waals surface area (Å²) >= 11 is 0. The fraction of sp³-hybridized carbons (Fsp3) is 1.00. The van der Waals surface area contributed by atoms with Crippen LogP contribution in [0.15, 0.2) is 0 Å². The van der Waals surface area contributed by atoms with Crippen molar-refractivity contribution in [2.24, 2.45) is 0 Å². The van der Waals surface area contributed by atoms with E-state index in [2.05, 4.69) is 0 Å². The zero-order valence-electron chi connectivity index (χ0n) is 11.4. The summed E-state index contributed by atoms with van der Waals surface area (Å²) < 4.78 is 22.1. The molecule has 1 heterocycles. The molecule has 4 unspecified atom stereocenters. The Balaban J connectivity index is 2.78. The maximum Gasteiger partial charge on any atom is 0.115 e. The van der Waals surface area contributed by atoms with Crippen LogP contribution >= 0.6 is 0 Å². The molecule has 1 fully saturated rings. The number of ether oxygens (including phenoxy) is 4. The van der Waals surface area contributed by atoms with Gasteiger partial charge in [-0.1, -0.05) is 0 Å². The van der Waals surface area contributed by atoms with Crippen molar-refractivity contribution in [1.82, 2.24) is 0 Å². The third-order valence-electron chi connectivity index (χ3n) is 3.12. The zero-order valence-corrected chi connectivity index (χ0v) is 11.4. The molecule has 3 N–H and O–H groups in total. The highest BCUT2D eigenvalue weighted by molar-refractivity contribution is 4.93. The third-order valence-corrected chi connectivity index (χ3v) is 3.12. The summed E-state index contributed by atoms with van der Waals surface area (Å²) in [6, 6.07) is 0. The van der Waals surface area contributed by atoms with E-state index in [4.69, 9.17) is 29.2 Å². The first-order valence-corrected chi connectivity index (χ1v) is 6.43. The van der Waals surface area contributed by atoms with Gasteiger partial charge in [0.05, 0.1) is 39.1 Å². The molecule has 0 aliphatic carbocycles. The van der Waals surface area contributed by atoms with Crippen LogP contribution in [0.3, 0.4) is 0 Å². The van der Waals surface area contributed by atoms with Gasteiger partial charge in [0, 0.05) is 7.11 Å². The third kappa shape index (κ3) is 4.35. The van der Waals surface area contributed by atoms with Gasteiger partial charge in [0.2, 0.25) is 0 Å². The van der Waals surface area contributed by atoms with Crippen molar-refractivity contribution in [2.75, 3.05) is 40.1 Å². The highest BCUT2D eigenvalue weighted by Gasteiger charge is 2.45. The summed E-state index contributed by atoms with van der Waals surface area (Å²) in [7, 11) is 1.51. The van der Waals surface area contributed by atoms with E-state index in [1.54, 1.807) is 0 Å². The average molecular weight is 280 g/mol. The lowest BCUT2D eigenvalue weighted by Crippen LogP contribution is -2.60. The summed E-state index contributed by atoms with van der Waals surface area (Å²) in [5.74, 6) is 0. The normalized spacial score (nSPS) is 35.5. The number of rotatable bonds is 8. The van der Waals surface area contributed by atoms with E-state index < -0.39 is 24.4 Å². The van der Waals surface area contributed by atoms with Crippen molar-refractivity contribution in [3.05, 3.63) is 0 Å². The number of hydrogen-bond acceptors (Lipinski definition) is 7. The van der Waals surface area contributed by atoms with Gasteiger partial charge in [-0.25, -0.2) is 0 Å². The van der Waals surface area contributed by atoms with Gasteiger partial charge in [0.1, 0.15) is 24.4 Å². The minimum atomic E-state index is -0.502. The fourth-order valence-corrected chi connectivity index (χ4v) is 2.33. The molecule has 114 valence electrons. The molecule has 0 bridgehead atoms. The molecule has 0 aromatic carbocycles. The summed E-state index contributed by atoms with van der Waals surface area (Å²) in [5.41, 5.74) is 0. The van der Waals surface area contributed by atoms with Gasteiger partial charge in [-0.3, -0.25) is 0 Å². The van der Waals surface area contributed by atoms with Crippen LogP contribution in [0.5, 0.6) is 0 Å². The molecule has 1 aliphatic rings. The predicted octanol–water partition coefficient (Wildman–Crippen LogP) is -1.46. The molecule has 0 amide bonds. The second-order valence-electron chi connectivity index (χ2n) is 4.38. The lowest BCUT2D eigenvalue weighted by Gasteiger charge is -2.44. The molecule has 0 aromatic rings. The number of methoxy groups -OCH3 is 1. The van der Waals surface area contributed by atoms with Crippen LogP contribution in [0.25, 0.3) is 0 Å². The van der Waals surface area contributed by atoms with Gasteiger partial charge in [0.15, 0.2) is 0 Å². The SMILES string of the molecule is COC1C(CO)O[C@@H](C)C(OCCO)C1OCCO. The number of aliphatic hydroxyl groups excluding tert-OH is 3. The van der Waals surface area contributed by atoms with Gasteiger partial charge < -0.3 is 34.3 Å². The molecule has 7 nitrogen and oxygen atoms in total. The van der Waals surface area contributed by atoms with Crippen LogP contribution in [0.1, 0.15) is 6.92 Å². The first-order valence-electron chi connectivity index (χ1n) is 6.43. The molecule has 7 heteroatoms. The van der Waals surface area contributed by atoms with Crippen LogP contribution in [0.4, 0.5) is 0 Å². The smallest absolute Gasteiger partial charge is 0.115 e. The maximum absolute atomic E-state index is 9.33. The minimum Gasteiger partial charge on any atom is -0.394 e. The van der Waals surface area contributed by atoms with E-state index in [-0.39, 0.29) is 39.1 Å². The quantitative estimate of drug-likeness (QED) is 0.499. The standard InChI is InChI=1S/C12H24O7/c1-8-10(17-5-3-13)12(18-6-4-14)11(16-2)9(7-15)19-8/h8-15H,3-7H2,1-2H3/t8-,9?,10?,11?,12?/m0/s1. The molecule has 1 saturated heterocycles. The monoisotopic (exact) mass is 280 g/mol. The van der Waals surface area contributed by atoms with Gasteiger partial charge in [0.25, 0.3) is 0 Å². The molecular formula is C12H24O7. The highest BCUT2D eigenvalue weighted by Crippen LogP contribution is 2.27. The van der Waals surface area contributed by atoms with Crippen LogP contribution in [-0.2, 0) is 18.9 Å². The van der Waals surface area contributed by atoms with Crippen molar-refractivity contribution in [2.45, 2.75) is 37.4 Å². The van der Waals surface area contributed by atoms with Gasteiger partial charge in [-0.2, -0.15) is 0 Å². The Morgan fingerprint density at radius 2 is 1.53 bits per heavy atom. The van der Waals surface area contributed by atoms with Gasteiger partial charge >= 0.3 is 0 Å². The Kier molecular flexibility index (Phi) is 7.77. The van der Waals surface area contributed by atoms with E-state index in [0.717, 1.165) is 0 Å². The summed E-state index contributed by atoms with van der Waals surface area (Å²) in [6.07, 6.45) is -2.19. The Morgan fingerprint density at radius 3 is 2.00 bits per heavy atom. The largest absolute Gasteiger partial charge is 0.394 e. The van der Waals surface area contributed by atoms with Crippen molar-refractivity contribution >= 4 is 0 Å². The van der Waals surface area contributed by atoms with Crippen molar-refractivity contribution in [1.29, 1.82) is 0 Å². The molecule has 0 aromatic heterocycles. The Hall–Kier alpha value is -0.280. The molecule has 19 heavy (non-hydrogen) atoms. The van der Waals surface area contributed by atoms with E-state index in [1.165, 1.54) is 7.11 Å². The first-order chi connectivity index (χ1) is 9.19. The predicted molar refractivity (Wildman–Crippen MR) is 65.9 cm³/mol. The van der Waals surface area contributed by atoms with Crippen molar-refractivity contribution < 1.29 is 34.3 Å². The van der Waals surface area contributed by atoms with E-state index in [9.17, 15) is 5.11 Å². The van der Waals surface area contributed by atoms with Crippen molar-refractivity contribution in [3.8, 4) is 0 Å². The van der Waals surface area contributed by atoms with Crippen LogP contribution in [0, 0.1) is 0 Å². The maximum atomic E-state index is 9.33. The molecule has 5 atom stereocenters. The lowest BCUT2D eigenvalue weighted by molar-refractivity contribution is -0.256. The molecule has 0 saturated carbocycles. The molecule has 1 aliphatic heterocycles. The average Bonchev–Trinajstić information content (AvgIpc) is 2.43. The number of aliphatic hydroxyl groups is 3. The molecular weight excluding hydrogens is 256 g/mol. The molecule has 1 rings (SSSR count). The van der Waals surface area contributed by atoms with Crippen molar-refractivity contribution in [3.63, 3.8) is 0 Å². The second kappa shape index (κ2) is 8.80. The van der Waals surface area contributed by atoms with Gasteiger partial charge in [-0.05, 0) is 6.92 Å². The summed E-state index contributed by atoms with van der Waals surface area (Å²) in [5, 5.41) is 27.1. The Morgan fingerprint density at radius 1 is 0.947 bits per heavy atom.